The molecule has 82 heavy (non-hydrogen) atoms. The summed E-state index contributed by atoms with van der Waals surface area (Å²) in [6.45, 7) is 5.84. The number of unbranched alkanes of at least 4 members (excludes halogenated alkanes) is 46. The second kappa shape index (κ2) is 59.5. The van der Waals surface area contributed by atoms with Crippen molar-refractivity contribution >= 4 is 11.9 Å². The Kier molecular flexibility index (Phi) is 56.7. The number of carbonyl (C=O) groups excluding carboxylic acids is 2. The second-order valence-corrected chi connectivity index (χ2v) is 25.0. The number of allylic oxidation sites excluding steroid dienone is 3. The van der Waals surface area contributed by atoms with Gasteiger partial charge in [-0.05, 0) is 51.4 Å². The molecule has 1 saturated heterocycles. The minimum Gasteiger partial charge on any atom is -0.454 e. The van der Waals surface area contributed by atoms with Crippen molar-refractivity contribution in [3.8, 4) is 0 Å². The first-order chi connectivity index (χ1) is 40.2. The van der Waals surface area contributed by atoms with Crippen molar-refractivity contribution in [3.63, 3.8) is 0 Å². The Hall–Kier alpha value is -1.86. The van der Waals surface area contributed by atoms with Crippen LogP contribution in [0.15, 0.2) is 24.3 Å². The van der Waals surface area contributed by atoms with Gasteiger partial charge in [0.25, 0.3) is 0 Å². The zero-order chi connectivity index (χ0) is 59.6. The van der Waals surface area contributed by atoms with Crippen LogP contribution in [0.1, 0.15) is 355 Å². The number of amides is 1. The van der Waals surface area contributed by atoms with Gasteiger partial charge in [0.15, 0.2) is 12.4 Å². The molecule has 0 saturated carbocycles. The molecule has 0 aliphatic carbocycles. The average molecular weight is 1160 g/mol. The van der Waals surface area contributed by atoms with Crippen LogP contribution in [0.4, 0.5) is 0 Å². The topological polar surface area (TPSA) is 175 Å². The summed E-state index contributed by atoms with van der Waals surface area (Å²) >= 11 is 0. The van der Waals surface area contributed by atoms with Gasteiger partial charge in [-0.1, -0.05) is 321 Å². The molecule has 1 rings (SSSR count). The standard InChI is InChI=1S/C71H135NO10/c1-4-7-10-13-16-19-22-25-27-29-31-33-35-37-39-41-44-47-50-53-56-59-66(76)82-69-68(78)67(77)65(60-73)81-71(69)80-61-62(63(74)57-54-51-48-45-42-24-21-18-15-12-9-6-3)72-70(79)64(75)58-55-52-49-46-43-40-38-36-34-32-30-28-26-23-20-17-14-11-8-5-2/h25,27,54,57,62-65,67-69,71,73-75,77-78H,4-24,26,28-53,55-56,58-61H2,1-3H3,(H,72,79)/b27-25+,57-54+. The summed E-state index contributed by atoms with van der Waals surface area (Å²) in [7, 11) is 0. The van der Waals surface area contributed by atoms with Crippen LogP contribution in [0.2, 0.25) is 0 Å². The molecule has 1 aliphatic heterocycles. The van der Waals surface area contributed by atoms with Crippen LogP contribution in [0.5, 0.6) is 0 Å². The van der Waals surface area contributed by atoms with Gasteiger partial charge in [0, 0.05) is 6.42 Å². The number of carbonyl (C=O) groups is 2. The fourth-order valence-electron chi connectivity index (χ4n) is 11.5. The van der Waals surface area contributed by atoms with Crippen LogP contribution in [-0.4, -0.2) is 99.6 Å². The molecule has 0 aromatic rings. The van der Waals surface area contributed by atoms with Crippen molar-refractivity contribution in [1.82, 2.24) is 5.32 Å². The zero-order valence-electron chi connectivity index (χ0n) is 53.9. The highest BCUT2D eigenvalue weighted by Crippen LogP contribution is 2.26. The predicted octanol–water partition coefficient (Wildman–Crippen LogP) is 18.0. The summed E-state index contributed by atoms with van der Waals surface area (Å²) in [4.78, 5) is 26.7. The highest BCUT2D eigenvalue weighted by atomic mass is 16.7. The van der Waals surface area contributed by atoms with E-state index < -0.39 is 67.4 Å². The lowest BCUT2D eigenvalue weighted by atomic mass is 9.99. The van der Waals surface area contributed by atoms with Gasteiger partial charge in [0.2, 0.25) is 5.91 Å². The summed E-state index contributed by atoms with van der Waals surface area (Å²) in [6, 6.07) is -1.02. The number of ether oxygens (including phenoxy) is 3. The SMILES string of the molecule is CCCCCCCC/C=C/CCCCCCCCCCCCCC(=O)OC1C(OCC(NC(=O)C(O)CCCCCCCCCCCCCCCCCCCCCC)C(O)/C=C/CCCCCCCCCCCC)OC(CO)C(O)C1O. The van der Waals surface area contributed by atoms with Crippen molar-refractivity contribution in [1.29, 1.82) is 0 Å². The minimum atomic E-state index is -1.61. The maximum absolute atomic E-state index is 13.5. The van der Waals surface area contributed by atoms with E-state index in [-0.39, 0.29) is 13.0 Å². The Morgan fingerprint density at radius 1 is 0.463 bits per heavy atom. The van der Waals surface area contributed by atoms with E-state index in [2.05, 4.69) is 38.2 Å². The van der Waals surface area contributed by atoms with Gasteiger partial charge in [0.1, 0.15) is 24.4 Å². The van der Waals surface area contributed by atoms with E-state index in [1.807, 2.05) is 6.08 Å². The first-order valence-corrected chi connectivity index (χ1v) is 35.6. The van der Waals surface area contributed by atoms with Crippen LogP contribution in [0.3, 0.4) is 0 Å². The third-order valence-electron chi connectivity index (χ3n) is 17.1. The molecule has 11 heteroatoms. The van der Waals surface area contributed by atoms with E-state index in [1.165, 1.54) is 250 Å². The average Bonchev–Trinajstić information content (AvgIpc) is 3.44. The lowest BCUT2D eigenvalue weighted by Crippen LogP contribution is -2.61. The van der Waals surface area contributed by atoms with Gasteiger partial charge < -0.3 is 45.1 Å². The molecule has 1 aliphatic rings. The van der Waals surface area contributed by atoms with E-state index in [0.29, 0.717) is 19.3 Å². The van der Waals surface area contributed by atoms with E-state index in [9.17, 15) is 35.1 Å². The van der Waals surface area contributed by atoms with Crippen molar-refractivity contribution in [2.75, 3.05) is 13.2 Å². The van der Waals surface area contributed by atoms with E-state index in [1.54, 1.807) is 6.08 Å². The highest BCUT2D eigenvalue weighted by Gasteiger charge is 2.47. The molecule has 8 unspecified atom stereocenters. The highest BCUT2D eigenvalue weighted by molar-refractivity contribution is 5.80. The third kappa shape index (κ3) is 46.4. The molecule has 0 radical (unpaired) electrons. The Labute approximate surface area is 505 Å². The molecule has 484 valence electrons. The normalized spacial score (nSPS) is 18.7. The maximum atomic E-state index is 13.5. The fraction of sp³-hybridized carbons (Fsp3) is 0.915. The number of rotatable bonds is 62. The first kappa shape index (κ1) is 78.2. The van der Waals surface area contributed by atoms with Crippen LogP contribution >= 0.6 is 0 Å². The van der Waals surface area contributed by atoms with Crippen LogP contribution in [0.25, 0.3) is 0 Å². The molecule has 0 aromatic heterocycles. The molecular weight excluding hydrogens is 1030 g/mol. The zero-order valence-corrected chi connectivity index (χ0v) is 53.9. The molecule has 1 fully saturated rings. The number of nitrogens with one attached hydrogen (secondary N) is 1. The Morgan fingerprint density at radius 3 is 1.18 bits per heavy atom. The summed E-state index contributed by atoms with van der Waals surface area (Å²) in [6.07, 6.45) is 60.8. The largest absolute Gasteiger partial charge is 0.454 e. The number of esters is 1. The maximum Gasteiger partial charge on any atom is 0.306 e. The smallest absolute Gasteiger partial charge is 0.306 e. The van der Waals surface area contributed by atoms with Gasteiger partial charge in [-0.3, -0.25) is 9.59 Å². The van der Waals surface area contributed by atoms with E-state index in [0.717, 1.165) is 57.8 Å². The molecule has 1 amide bonds. The van der Waals surface area contributed by atoms with E-state index in [4.69, 9.17) is 14.2 Å². The first-order valence-electron chi connectivity index (χ1n) is 35.6. The van der Waals surface area contributed by atoms with Gasteiger partial charge in [-0.2, -0.15) is 0 Å². The van der Waals surface area contributed by atoms with Gasteiger partial charge in [0.05, 0.1) is 25.4 Å². The Morgan fingerprint density at radius 2 is 0.805 bits per heavy atom. The van der Waals surface area contributed by atoms with Crippen LogP contribution in [-0.2, 0) is 23.8 Å². The monoisotopic (exact) mass is 1160 g/mol. The minimum absolute atomic E-state index is 0.127. The molecule has 0 aromatic carbocycles. The molecule has 11 nitrogen and oxygen atoms in total. The summed E-state index contributed by atoms with van der Waals surface area (Å²) in [5, 5.41) is 57.2. The van der Waals surface area contributed by atoms with Gasteiger partial charge in [-0.25, -0.2) is 0 Å². The molecule has 0 bridgehead atoms. The predicted molar refractivity (Wildman–Crippen MR) is 343 cm³/mol. The third-order valence-corrected chi connectivity index (χ3v) is 17.1. The van der Waals surface area contributed by atoms with E-state index >= 15 is 0 Å². The number of aliphatic hydroxyl groups excluding tert-OH is 5. The molecule has 0 spiro atoms. The van der Waals surface area contributed by atoms with Crippen molar-refractivity contribution in [3.05, 3.63) is 24.3 Å². The molecular formula is C71H135NO10. The number of hydrogen-bond acceptors (Lipinski definition) is 10. The van der Waals surface area contributed by atoms with Crippen LogP contribution in [0, 0.1) is 0 Å². The summed E-state index contributed by atoms with van der Waals surface area (Å²) in [5.41, 5.74) is 0. The number of aliphatic hydroxyl groups is 5. The Balaban J connectivity index is 2.57. The summed E-state index contributed by atoms with van der Waals surface area (Å²) in [5.74, 6) is -1.18. The Bertz CT molecular complexity index is 1430. The fourth-order valence-corrected chi connectivity index (χ4v) is 11.5. The van der Waals surface area contributed by atoms with Crippen LogP contribution < -0.4 is 5.32 Å². The lowest BCUT2D eigenvalue weighted by molar-refractivity contribution is -0.305. The molecule has 8 atom stereocenters. The van der Waals surface area contributed by atoms with Crippen molar-refractivity contribution in [2.45, 2.75) is 404 Å². The van der Waals surface area contributed by atoms with Gasteiger partial charge in [-0.15, -0.1) is 0 Å². The van der Waals surface area contributed by atoms with Gasteiger partial charge >= 0.3 is 5.97 Å². The number of hydrogen-bond donors (Lipinski definition) is 6. The lowest BCUT2D eigenvalue weighted by Gasteiger charge is -2.41. The van der Waals surface area contributed by atoms with Crippen molar-refractivity contribution < 1.29 is 49.3 Å². The quantitative estimate of drug-likeness (QED) is 0.0195. The van der Waals surface area contributed by atoms with Crippen molar-refractivity contribution in [2.24, 2.45) is 0 Å². The summed E-state index contributed by atoms with van der Waals surface area (Å²) < 4.78 is 17.7. The molecule has 6 N–H and O–H groups in total. The molecule has 1 heterocycles. The second-order valence-electron chi connectivity index (χ2n) is 25.0.